The molecular formula is C64H41NO. The average Bonchev–Trinajstić information content (AvgIpc) is 3.81. The first-order valence-electron chi connectivity index (χ1n) is 22.7. The summed E-state index contributed by atoms with van der Waals surface area (Å²) in [6.45, 7) is 0. The van der Waals surface area contributed by atoms with Crippen LogP contribution in [-0.4, -0.2) is 0 Å². The molecule has 0 amide bonds. The van der Waals surface area contributed by atoms with Crippen molar-refractivity contribution in [2.45, 2.75) is 0 Å². The lowest BCUT2D eigenvalue weighted by atomic mass is 9.90. The van der Waals surface area contributed by atoms with E-state index in [0.717, 1.165) is 66.9 Å². The number of hydrogen-bond donors (Lipinski definition) is 1. The predicted octanol–water partition coefficient (Wildman–Crippen LogP) is 18.3. The minimum absolute atomic E-state index is 0.886. The molecule has 1 heterocycles. The molecule has 12 aromatic carbocycles. The van der Waals surface area contributed by atoms with E-state index in [2.05, 4.69) is 248 Å². The Bertz CT molecular complexity index is 3990. The van der Waals surface area contributed by atoms with Crippen molar-refractivity contribution in [3.05, 3.63) is 243 Å². The van der Waals surface area contributed by atoms with Gasteiger partial charge in [0.1, 0.15) is 11.3 Å². The van der Waals surface area contributed by atoms with Crippen LogP contribution in [0.15, 0.2) is 247 Å². The van der Waals surface area contributed by atoms with Crippen molar-refractivity contribution >= 4 is 76.2 Å². The van der Waals surface area contributed by atoms with Gasteiger partial charge in [-0.2, -0.15) is 0 Å². The minimum Gasteiger partial charge on any atom is -0.455 e. The minimum atomic E-state index is 0.886. The second kappa shape index (κ2) is 15.5. The number of anilines is 2. The fourth-order valence-electron chi connectivity index (χ4n) is 10.3. The summed E-state index contributed by atoms with van der Waals surface area (Å²) in [5.74, 6) is 0.886. The SMILES string of the molecule is c1ccc(-c2oc3c4ccccc4c4ccc(-c5ccc(Nc6ccc(-c7cccc8ccccc78)cc6-c6cc7ccccc7c7ccccc67)cc5)cc4c3c2-c2ccccc2)cc1. The van der Waals surface area contributed by atoms with Crippen molar-refractivity contribution in [1.29, 1.82) is 0 Å². The van der Waals surface area contributed by atoms with Crippen LogP contribution >= 0.6 is 0 Å². The highest BCUT2D eigenvalue weighted by Crippen LogP contribution is 2.48. The normalized spacial score (nSPS) is 11.6. The largest absolute Gasteiger partial charge is 0.455 e. The Balaban J connectivity index is 0.947. The van der Waals surface area contributed by atoms with E-state index in [1.165, 1.54) is 65.2 Å². The molecule has 0 fully saturated rings. The fourth-order valence-corrected chi connectivity index (χ4v) is 10.3. The summed E-state index contributed by atoms with van der Waals surface area (Å²) >= 11 is 0. The highest BCUT2D eigenvalue weighted by Gasteiger charge is 2.23. The van der Waals surface area contributed by atoms with E-state index < -0.39 is 0 Å². The summed E-state index contributed by atoms with van der Waals surface area (Å²) in [5, 5.41) is 17.1. The summed E-state index contributed by atoms with van der Waals surface area (Å²) in [6, 6.07) is 87.6. The zero-order valence-electron chi connectivity index (χ0n) is 36.0. The molecule has 0 aliphatic rings. The topological polar surface area (TPSA) is 25.2 Å². The van der Waals surface area contributed by atoms with Gasteiger partial charge in [-0.05, 0) is 118 Å². The maximum Gasteiger partial charge on any atom is 0.143 e. The predicted molar refractivity (Wildman–Crippen MR) is 281 cm³/mol. The highest BCUT2D eigenvalue weighted by atomic mass is 16.3. The van der Waals surface area contributed by atoms with Gasteiger partial charge in [0.2, 0.25) is 0 Å². The third-order valence-electron chi connectivity index (χ3n) is 13.4. The Morgan fingerprint density at radius 3 is 1.64 bits per heavy atom. The Morgan fingerprint density at radius 2 is 0.864 bits per heavy atom. The molecule has 0 aliphatic carbocycles. The molecule has 1 N–H and O–H groups in total. The van der Waals surface area contributed by atoms with Crippen molar-refractivity contribution in [1.82, 2.24) is 0 Å². The lowest BCUT2D eigenvalue weighted by Gasteiger charge is -2.18. The summed E-state index contributed by atoms with van der Waals surface area (Å²) in [4.78, 5) is 0. The monoisotopic (exact) mass is 839 g/mol. The van der Waals surface area contributed by atoms with Crippen molar-refractivity contribution in [2.24, 2.45) is 0 Å². The third-order valence-corrected chi connectivity index (χ3v) is 13.4. The van der Waals surface area contributed by atoms with E-state index in [0.29, 0.717) is 0 Å². The number of fused-ring (bicyclic) bond motifs is 10. The van der Waals surface area contributed by atoms with Gasteiger partial charge in [-0.15, -0.1) is 0 Å². The molecule has 308 valence electrons. The molecule has 2 heteroatoms. The molecule has 13 aromatic rings. The maximum absolute atomic E-state index is 7.01. The molecule has 13 rings (SSSR count). The average molecular weight is 840 g/mol. The van der Waals surface area contributed by atoms with Crippen LogP contribution in [0.5, 0.6) is 0 Å². The molecule has 0 radical (unpaired) electrons. The van der Waals surface area contributed by atoms with Crippen LogP contribution in [-0.2, 0) is 0 Å². The van der Waals surface area contributed by atoms with Gasteiger partial charge in [-0.1, -0.05) is 206 Å². The van der Waals surface area contributed by atoms with E-state index in [9.17, 15) is 0 Å². The molecule has 2 nitrogen and oxygen atoms in total. The molecule has 0 saturated carbocycles. The summed E-state index contributed by atoms with van der Waals surface area (Å²) in [6.07, 6.45) is 0. The third kappa shape index (κ3) is 6.26. The van der Waals surface area contributed by atoms with Crippen LogP contribution in [0.25, 0.3) is 121 Å². The molecule has 0 aliphatic heterocycles. The number of rotatable bonds is 7. The Morgan fingerprint density at radius 1 is 0.288 bits per heavy atom. The standard InChI is InChI=1S/C64H41NO/c1-3-17-43(18-4-1)61-62-59-38-45(32-36-55(59)53-26-13-14-28-56(53)64(62)66-63(61)44-19-5-2-6-20-44)41-30-34-48(35-31-41)65-60-37-33-47(50-29-15-22-42-16-7-9-23-49(42)50)40-58(60)57-39-46-21-8-10-24-51(46)52-25-11-12-27-54(52)57/h1-40,65H. The van der Waals surface area contributed by atoms with Crippen LogP contribution < -0.4 is 5.32 Å². The fraction of sp³-hybridized carbons (Fsp3) is 0. The second-order valence-corrected chi connectivity index (χ2v) is 17.2. The van der Waals surface area contributed by atoms with E-state index in [-0.39, 0.29) is 0 Å². The lowest BCUT2D eigenvalue weighted by Crippen LogP contribution is -1.96. The quantitative estimate of drug-likeness (QED) is 0.162. The molecule has 0 unspecified atom stereocenters. The van der Waals surface area contributed by atoms with Gasteiger partial charge in [0.15, 0.2) is 0 Å². The molecule has 0 spiro atoms. The van der Waals surface area contributed by atoms with Gasteiger partial charge in [0, 0.05) is 38.8 Å². The number of hydrogen-bond acceptors (Lipinski definition) is 2. The second-order valence-electron chi connectivity index (χ2n) is 17.2. The molecule has 0 bridgehead atoms. The number of benzene rings is 12. The number of furan rings is 1. The van der Waals surface area contributed by atoms with Gasteiger partial charge in [0.05, 0.1) is 0 Å². The molecule has 66 heavy (non-hydrogen) atoms. The Hall–Kier alpha value is -8.72. The molecular weight excluding hydrogens is 799 g/mol. The van der Waals surface area contributed by atoms with Crippen LogP contribution in [0, 0.1) is 0 Å². The van der Waals surface area contributed by atoms with Gasteiger partial charge in [-0.25, -0.2) is 0 Å². The van der Waals surface area contributed by atoms with E-state index in [4.69, 9.17) is 4.42 Å². The van der Waals surface area contributed by atoms with E-state index in [1.54, 1.807) is 0 Å². The summed E-state index contributed by atoms with van der Waals surface area (Å²) < 4.78 is 7.01. The van der Waals surface area contributed by atoms with Crippen molar-refractivity contribution in [2.75, 3.05) is 5.32 Å². The van der Waals surface area contributed by atoms with Gasteiger partial charge >= 0.3 is 0 Å². The zero-order valence-corrected chi connectivity index (χ0v) is 36.0. The first kappa shape index (κ1) is 37.8. The van der Waals surface area contributed by atoms with Crippen molar-refractivity contribution in [3.63, 3.8) is 0 Å². The summed E-state index contributed by atoms with van der Waals surface area (Å²) in [7, 11) is 0. The number of nitrogens with one attached hydrogen (secondary N) is 1. The Kier molecular flexibility index (Phi) is 8.89. The first-order valence-corrected chi connectivity index (χ1v) is 22.7. The van der Waals surface area contributed by atoms with Crippen molar-refractivity contribution < 1.29 is 4.42 Å². The van der Waals surface area contributed by atoms with Crippen LogP contribution in [0.4, 0.5) is 11.4 Å². The smallest absolute Gasteiger partial charge is 0.143 e. The van der Waals surface area contributed by atoms with E-state index in [1.807, 2.05) is 0 Å². The van der Waals surface area contributed by atoms with Gasteiger partial charge < -0.3 is 9.73 Å². The highest BCUT2D eigenvalue weighted by molar-refractivity contribution is 6.29. The first-order chi connectivity index (χ1) is 32.7. The molecule has 0 saturated heterocycles. The Labute approximate surface area is 382 Å². The maximum atomic E-state index is 7.01. The lowest BCUT2D eigenvalue weighted by molar-refractivity contribution is 0.636. The van der Waals surface area contributed by atoms with Gasteiger partial charge in [-0.3, -0.25) is 0 Å². The molecule has 0 atom stereocenters. The van der Waals surface area contributed by atoms with Crippen LogP contribution in [0.1, 0.15) is 0 Å². The van der Waals surface area contributed by atoms with E-state index >= 15 is 0 Å². The van der Waals surface area contributed by atoms with Crippen LogP contribution in [0.2, 0.25) is 0 Å². The summed E-state index contributed by atoms with van der Waals surface area (Å²) in [5.41, 5.74) is 13.3. The zero-order chi connectivity index (χ0) is 43.6. The van der Waals surface area contributed by atoms with Crippen molar-refractivity contribution in [3.8, 4) is 55.8 Å². The van der Waals surface area contributed by atoms with Gasteiger partial charge in [0.25, 0.3) is 0 Å². The van der Waals surface area contributed by atoms with Crippen LogP contribution in [0.3, 0.4) is 0 Å². The molecule has 1 aromatic heterocycles.